The Labute approximate surface area is 193 Å². The molecule has 172 valence electrons. The molecule has 1 fully saturated rings. The molecule has 7 nitrogen and oxygen atoms in total. The molecule has 0 unspecified atom stereocenters. The summed E-state index contributed by atoms with van der Waals surface area (Å²) >= 11 is 6.37. The van der Waals surface area contributed by atoms with E-state index in [2.05, 4.69) is 9.97 Å². The molecule has 1 aliphatic rings. The minimum atomic E-state index is -4.43. The topological polar surface area (TPSA) is 88.2 Å². The molecule has 0 radical (unpaired) electrons. The number of nitrogens with zero attached hydrogens (tertiary/aromatic N) is 5. The van der Waals surface area contributed by atoms with Crippen LogP contribution in [0.2, 0.25) is 5.02 Å². The molecule has 0 saturated carbocycles. The minimum absolute atomic E-state index is 0.199. The monoisotopic (exact) mass is 476 g/mol. The van der Waals surface area contributed by atoms with Crippen molar-refractivity contribution in [3.05, 3.63) is 59.5 Å². The predicted octanol–water partition coefficient (Wildman–Crippen LogP) is 3.49. The van der Waals surface area contributed by atoms with Crippen LogP contribution in [0.15, 0.2) is 48.9 Å². The first-order chi connectivity index (χ1) is 15.7. The van der Waals surface area contributed by atoms with Gasteiger partial charge in [0.05, 0.1) is 29.0 Å². The SMILES string of the molecule is NC(=O)CN1CCN(c2cnc(-c3ccc(C(F)(F)F)cc3)c(-c3ccncc3Cl)n2)CC1. The number of pyridine rings is 1. The first-order valence-electron chi connectivity index (χ1n) is 10.1. The number of piperazine rings is 1. The van der Waals surface area contributed by atoms with E-state index in [1.54, 1.807) is 18.5 Å². The van der Waals surface area contributed by atoms with E-state index >= 15 is 0 Å². The first-order valence-corrected chi connectivity index (χ1v) is 10.5. The van der Waals surface area contributed by atoms with Gasteiger partial charge in [-0.1, -0.05) is 23.7 Å². The lowest BCUT2D eigenvalue weighted by Crippen LogP contribution is -2.49. The maximum atomic E-state index is 13.0. The first kappa shape index (κ1) is 22.9. The van der Waals surface area contributed by atoms with Gasteiger partial charge >= 0.3 is 6.18 Å². The average Bonchev–Trinajstić information content (AvgIpc) is 2.79. The molecule has 0 aliphatic carbocycles. The molecule has 3 heterocycles. The van der Waals surface area contributed by atoms with Crippen LogP contribution in [0.1, 0.15) is 5.56 Å². The molecule has 2 aromatic heterocycles. The van der Waals surface area contributed by atoms with Crippen LogP contribution in [0.25, 0.3) is 22.5 Å². The molecular formula is C22H20ClF3N6O. The van der Waals surface area contributed by atoms with Crippen molar-refractivity contribution in [3.8, 4) is 22.5 Å². The maximum absolute atomic E-state index is 13.0. The molecule has 1 saturated heterocycles. The van der Waals surface area contributed by atoms with Gasteiger partial charge in [0.1, 0.15) is 11.5 Å². The highest BCUT2D eigenvalue weighted by atomic mass is 35.5. The normalized spacial score (nSPS) is 15.0. The highest BCUT2D eigenvalue weighted by molar-refractivity contribution is 6.33. The summed E-state index contributed by atoms with van der Waals surface area (Å²) in [4.78, 5) is 28.5. The summed E-state index contributed by atoms with van der Waals surface area (Å²) in [5, 5.41) is 0.350. The Bertz CT molecular complexity index is 1150. The van der Waals surface area contributed by atoms with Crippen molar-refractivity contribution in [1.82, 2.24) is 19.9 Å². The molecule has 1 aromatic carbocycles. The number of benzene rings is 1. The third-order valence-electron chi connectivity index (χ3n) is 5.35. The number of nitrogens with two attached hydrogens (primary N) is 1. The second-order valence-electron chi connectivity index (χ2n) is 7.59. The zero-order valence-corrected chi connectivity index (χ0v) is 18.1. The van der Waals surface area contributed by atoms with E-state index in [-0.39, 0.29) is 12.5 Å². The van der Waals surface area contributed by atoms with Gasteiger partial charge in [-0.15, -0.1) is 0 Å². The predicted molar refractivity (Wildman–Crippen MR) is 119 cm³/mol. The van der Waals surface area contributed by atoms with Crippen molar-refractivity contribution in [2.45, 2.75) is 6.18 Å². The van der Waals surface area contributed by atoms with Crippen LogP contribution in [-0.2, 0) is 11.0 Å². The molecule has 4 rings (SSSR count). The van der Waals surface area contributed by atoms with Crippen LogP contribution in [0.4, 0.5) is 19.0 Å². The van der Waals surface area contributed by atoms with E-state index in [0.717, 1.165) is 12.1 Å². The third kappa shape index (κ3) is 5.23. The summed E-state index contributed by atoms with van der Waals surface area (Å²) in [5.41, 5.74) is 6.44. The summed E-state index contributed by atoms with van der Waals surface area (Å²) in [6, 6.07) is 6.46. The van der Waals surface area contributed by atoms with Crippen molar-refractivity contribution in [1.29, 1.82) is 0 Å². The molecule has 0 bridgehead atoms. The van der Waals surface area contributed by atoms with E-state index in [9.17, 15) is 18.0 Å². The zero-order valence-electron chi connectivity index (χ0n) is 17.4. The van der Waals surface area contributed by atoms with Crippen LogP contribution < -0.4 is 10.6 Å². The second kappa shape index (κ2) is 9.32. The Morgan fingerprint density at radius 3 is 2.33 bits per heavy atom. The number of hydrogen-bond acceptors (Lipinski definition) is 6. The standard InChI is InChI=1S/C22H20ClF3N6O/c23-17-11-28-6-5-16(17)21-20(14-1-3-15(4-2-14)22(24,25)26)29-12-19(30-21)32-9-7-31(8-10-32)13-18(27)33/h1-6,11-12H,7-10,13H2,(H2,27,33). The molecule has 0 spiro atoms. The molecule has 1 amide bonds. The van der Waals surface area contributed by atoms with E-state index in [4.69, 9.17) is 22.3 Å². The van der Waals surface area contributed by atoms with Gasteiger partial charge < -0.3 is 10.6 Å². The quantitative estimate of drug-likeness (QED) is 0.606. The van der Waals surface area contributed by atoms with E-state index < -0.39 is 11.7 Å². The molecule has 1 aliphatic heterocycles. The lowest BCUT2D eigenvalue weighted by atomic mass is 10.0. The van der Waals surface area contributed by atoms with Gasteiger partial charge in [0.2, 0.25) is 5.91 Å². The van der Waals surface area contributed by atoms with Gasteiger partial charge in [0.25, 0.3) is 0 Å². The third-order valence-corrected chi connectivity index (χ3v) is 5.65. The lowest BCUT2D eigenvalue weighted by molar-refractivity contribution is -0.137. The minimum Gasteiger partial charge on any atom is -0.369 e. The van der Waals surface area contributed by atoms with Crippen molar-refractivity contribution >= 4 is 23.3 Å². The highest BCUT2D eigenvalue weighted by Gasteiger charge is 2.30. The Morgan fingerprint density at radius 1 is 1.03 bits per heavy atom. The summed E-state index contributed by atoms with van der Waals surface area (Å²) in [7, 11) is 0. The van der Waals surface area contributed by atoms with Gasteiger partial charge in [-0.2, -0.15) is 13.2 Å². The molecule has 33 heavy (non-hydrogen) atoms. The fourth-order valence-electron chi connectivity index (χ4n) is 3.67. The zero-order chi connectivity index (χ0) is 23.6. The number of rotatable bonds is 5. The summed E-state index contributed by atoms with van der Waals surface area (Å²) < 4.78 is 39.0. The fraction of sp³-hybridized carbons (Fsp3) is 0.273. The second-order valence-corrected chi connectivity index (χ2v) is 7.99. The van der Waals surface area contributed by atoms with Crippen molar-refractivity contribution in [3.63, 3.8) is 0 Å². The number of halogens is 4. The van der Waals surface area contributed by atoms with Gasteiger partial charge in [-0.05, 0) is 18.2 Å². The molecule has 0 atom stereocenters. The highest BCUT2D eigenvalue weighted by Crippen LogP contribution is 2.36. The van der Waals surface area contributed by atoms with E-state index in [1.807, 2.05) is 9.80 Å². The Kier molecular flexibility index (Phi) is 6.48. The van der Waals surface area contributed by atoms with Gasteiger partial charge in [-0.3, -0.25) is 19.7 Å². The van der Waals surface area contributed by atoms with Crippen LogP contribution in [-0.4, -0.2) is 58.5 Å². The van der Waals surface area contributed by atoms with Crippen molar-refractivity contribution < 1.29 is 18.0 Å². The summed E-state index contributed by atoms with van der Waals surface area (Å²) in [6.07, 6.45) is 0.205. The Balaban J connectivity index is 1.70. The van der Waals surface area contributed by atoms with Crippen LogP contribution in [0, 0.1) is 0 Å². The van der Waals surface area contributed by atoms with Gasteiger partial charge in [0, 0.05) is 49.7 Å². The van der Waals surface area contributed by atoms with E-state index in [1.165, 1.54) is 18.3 Å². The smallest absolute Gasteiger partial charge is 0.369 e. The van der Waals surface area contributed by atoms with Gasteiger partial charge in [0.15, 0.2) is 0 Å². The average molecular weight is 477 g/mol. The Morgan fingerprint density at radius 2 is 1.73 bits per heavy atom. The number of amides is 1. The van der Waals surface area contributed by atoms with Crippen LogP contribution in [0.5, 0.6) is 0 Å². The lowest BCUT2D eigenvalue weighted by Gasteiger charge is -2.34. The number of carbonyl (C=O) groups excluding carboxylic acids is 1. The Hall–Kier alpha value is -3.24. The molecule has 11 heteroatoms. The van der Waals surface area contributed by atoms with E-state index in [0.29, 0.717) is 59.5 Å². The molecular weight excluding hydrogens is 457 g/mol. The van der Waals surface area contributed by atoms with Crippen LogP contribution >= 0.6 is 11.6 Å². The van der Waals surface area contributed by atoms with Gasteiger partial charge in [-0.25, -0.2) is 4.98 Å². The number of anilines is 1. The molecule has 2 N–H and O–H groups in total. The number of carbonyl (C=O) groups is 1. The summed E-state index contributed by atoms with van der Waals surface area (Å²) in [6.45, 7) is 2.70. The maximum Gasteiger partial charge on any atom is 0.416 e. The number of hydrogen-bond donors (Lipinski definition) is 1. The largest absolute Gasteiger partial charge is 0.416 e. The molecule has 3 aromatic rings. The summed E-state index contributed by atoms with van der Waals surface area (Å²) in [5.74, 6) is 0.228. The van der Waals surface area contributed by atoms with Crippen molar-refractivity contribution in [2.75, 3.05) is 37.6 Å². The number of alkyl halides is 3. The van der Waals surface area contributed by atoms with Crippen LogP contribution in [0.3, 0.4) is 0 Å². The number of aromatic nitrogens is 3. The fourth-order valence-corrected chi connectivity index (χ4v) is 3.88. The number of primary amides is 1. The van der Waals surface area contributed by atoms with Crippen molar-refractivity contribution in [2.24, 2.45) is 5.73 Å².